The monoisotopic (exact) mass is 286 g/mol. The van der Waals surface area contributed by atoms with Crippen LogP contribution in [0.1, 0.15) is 33.6 Å². The largest absolute Gasteiger partial charge is 0.377 e. The molecule has 0 bridgehead atoms. The number of hydrogen-bond donors (Lipinski definition) is 1. The van der Waals surface area contributed by atoms with Crippen LogP contribution in [0.25, 0.3) is 0 Å². The SMILES string of the molecule is Cc1cnc([C@@H]2COCCN2C(=O)c2ncccc2C)[nH]1. The van der Waals surface area contributed by atoms with E-state index in [0.29, 0.717) is 25.5 Å². The van der Waals surface area contributed by atoms with E-state index in [2.05, 4.69) is 15.0 Å². The lowest BCUT2D eigenvalue weighted by atomic mass is 10.1. The zero-order chi connectivity index (χ0) is 14.8. The lowest BCUT2D eigenvalue weighted by Gasteiger charge is -2.34. The van der Waals surface area contributed by atoms with Crippen LogP contribution in [-0.4, -0.2) is 45.5 Å². The van der Waals surface area contributed by atoms with Gasteiger partial charge in [0.25, 0.3) is 5.91 Å². The fourth-order valence-corrected chi connectivity index (χ4v) is 2.52. The highest BCUT2D eigenvalue weighted by molar-refractivity contribution is 5.94. The zero-order valence-corrected chi connectivity index (χ0v) is 12.2. The van der Waals surface area contributed by atoms with Crippen molar-refractivity contribution in [2.45, 2.75) is 19.9 Å². The van der Waals surface area contributed by atoms with Gasteiger partial charge in [0.1, 0.15) is 17.6 Å². The van der Waals surface area contributed by atoms with Crippen LogP contribution in [0.15, 0.2) is 24.5 Å². The van der Waals surface area contributed by atoms with E-state index >= 15 is 0 Å². The van der Waals surface area contributed by atoms with Gasteiger partial charge in [-0.05, 0) is 25.5 Å². The van der Waals surface area contributed by atoms with Crippen molar-refractivity contribution in [3.05, 3.63) is 47.3 Å². The van der Waals surface area contributed by atoms with Crippen molar-refractivity contribution >= 4 is 5.91 Å². The van der Waals surface area contributed by atoms with Crippen LogP contribution in [-0.2, 0) is 4.74 Å². The Morgan fingerprint density at radius 1 is 1.43 bits per heavy atom. The van der Waals surface area contributed by atoms with Gasteiger partial charge in [-0.2, -0.15) is 0 Å². The van der Waals surface area contributed by atoms with E-state index in [0.717, 1.165) is 17.1 Å². The van der Waals surface area contributed by atoms with Gasteiger partial charge in [-0.25, -0.2) is 4.98 Å². The molecule has 6 nitrogen and oxygen atoms in total. The van der Waals surface area contributed by atoms with Gasteiger partial charge in [0.15, 0.2) is 0 Å². The molecular weight excluding hydrogens is 268 g/mol. The Bertz CT molecular complexity index is 653. The summed E-state index contributed by atoms with van der Waals surface area (Å²) in [6.45, 7) is 5.36. The summed E-state index contributed by atoms with van der Waals surface area (Å²) in [5.41, 5.74) is 2.34. The third kappa shape index (κ3) is 2.67. The Morgan fingerprint density at radius 2 is 2.29 bits per heavy atom. The maximum atomic E-state index is 12.8. The minimum Gasteiger partial charge on any atom is -0.377 e. The quantitative estimate of drug-likeness (QED) is 0.911. The molecule has 6 heteroatoms. The first-order valence-electron chi connectivity index (χ1n) is 6.98. The van der Waals surface area contributed by atoms with E-state index in [4.69, 9.17) is 4.74 Å². The highest BCUT2D eigenvalue weighted by atomic mass is 16.5. The van der Waals surface area contributed by atoms with Crippen molar-refractivity contribution in [1.29, 1.82) is 0 Å². The van der Waals surface area contributed by atoms with Crippen molar-refractivity contribution in [2.75, 3.05) is 19.8 Å². The van der Waals surface area contributed by atoms with Crippen molar-refractivity contribution < 1.29 is 9.53 Å². The highest BCUT2D eigenvalue weighted by Gasteiger charge is 2.32. The van der Waals surface area contributed by atoms with Crippen LogP contribution < -0.4 is 0 Å². The maximum absolute atomic E-state index is 12.8. The Morgan fingerprint density at radius 3 is 3.00 bits per heavy atom. The Balaban J connectivity index is 1.91. The number of aryl methyl sites for hydroxylation is 2. The number of carbonyl (C=O) groups is 1. The molecular formula is C15H18N4O2. The molecule has 0 aliphatic carbocycles. The molecule has 2 aromatic rings. The van der Waals surface area contributed by atoms with E-state index in [1.165, 1.54) is 0 Å². The van der Waals surface area contributed by atoms with Crippen molar-refractivity contribution in [1.82, 2.24) is 19.9 Å². The summed E-state index contributed by atoms with van der Waals surface area (Å²) in [6.07, 6.45) is 3.41. The molecule has 0 radical (unpaired) electrons. The number of ether oxygens (including phenoxy) is 1. The average molecular weight is 286 g/mol. The van der Waals surface area contributed by atoms with E-state index in [-0.39, 0.29) is 11.9 Å². The number of pyridine rings is 1. The number of carbonyl (C=O) groups excluding carboxylic acids is 1. The van der Waals surface area contributed by atoms with Crippen molar-refractivity contribution in [2.24, 2.45) is 0 Å². The number of aromatic nitrogens is 3. The third-order valence-electron chi connectivity index (χ3n) is 3.64. The molecule has 0 spiro atoms. The van der Waals surface area contributed by atoms with Gasteiger partial charge < -0.3 is 14.6 Å². The molecule has 0 aromatic carbocycles. The maximum Gasteiger partial charge on any atom is 0.273 e. The predicted octanol–water partition coefficient (Wildman–Crippen LogP) is 1.64. The van der Waals surface area contributed by atoms with Gasteiger partial charge in [-0.1, -0.05) is 6.07 Å². The van der Waals surface area contributed by atoms with Crippen LogP contribution in [0.5, 0.6) is 0 Å². The summed E-state index contributed by atoms with van der Waals surface area (Å²) < 4.78 is 5.52. The Kier molecular flexibility index (Phi) is 3.70. The normalized spacial score (nSPS) is 18.8. The first-order valence-corrected chi connectivity index (χ1v) is 6.98. The minimum atomic E-state index is -0.193. The molecule has 0 saturated carbocycles. The molecule has 3 heterocycles. The molecule has 1 amide bonds. The Labute approximate surface area is 123 Å². The summed E-state index contributed by atoms with van der Waals surface area (Å²) in [6, 6.07) is 3.53. The molecule has 1 N–H and O–H groups in total. The number of nitrogens with zero attached hydrogens (tertiary/aromatic N) is 3. The minimum absolute atomic E-state index is 0.0737. The number of H-pyrrole nitrogens is 1. The number of rotatable bonds is 2. The summed E-state index contributed by atoms with van der Waals surface area (Å²) in [4.78, 5) is 26.3. The smallest absolute Gasteiger partial charge is 0.273 e. The lowest BCUT2D eigenvalue weighted by Crippen LogP contribution is -2.44. The van der Waals surface area contributed by atoms with Gasteiger partial charge in [0.05, 0.1) is 13.2 Å². The van der Waals surface area contributed by atoms with Gasteiger partial charge >= 0.3 is 0 Å². The van der Waals surface area contributed by atoms with Crippen LogP contribution in [0.4, 0.5) is 0 Å². The molecule has 1 fully saturated rings. The molecule has 1 saturated heterocycles. The summed E-state index contributed by atoms with van der Waals surface area (Å²) >= 11 is 0. The lowest BCUT2D eigenvalue weighted by molar-refractivity contribution is -0.00536. The third-order valence-corrected chi connectivity index (χ3v) is 3.64. The van der Waals surface area contributed by atoms with Gasteiger partial charge in [-0.15, -0.1) is 0 Å². The van der Waals surface area contributed by atoms with Crippen LogP contribution in [0.3, 0.4) is 0 Å². The predicted molar refractivity (Wildman–Crippen MR) is 76.9 cm³/mol. The molecule has 110 valence electrons. The standard InChI is InChI=1S/C15H18N4O2/c1-10-4-3-5-16-13(10)15(20)19-6-7-21-9-12(19)14-17-8-11(2)18-14/h3-5,8,12H,6-7,9H2,1-2H3,(H,17,18)/t12-/m0/s1. The summed E-state index contributed by atoms with van der Waals surface area (Å²) in [5, 5.41) is 0. The number of imidazole rings is 1. The van der Waals surface area contributed by atoms with Crippen LogP contribution in [0.2, 0.25) is 0 Å². The highest BCUT2D eigenvalue weighted by Crippen LogP contribution is 2.24. The molecule has 3 rings (SSSR count). The van der Waals surface area contributed by atoms with E-state index in [1.54, 1.807) is 17.3 Å². The van der Waals surface area contributed by atoms with Crippen molar-refractivity contribution in [3.63, 3.8) is 0 Å². The van der Waals surface area contributed by atoms with Crippen molar-refractivity contribution in [3.8, 4) is 0 Å². The van der Waals surface area contributed by atoms with Crippen LogP contribution >= 0.6 is 0 Å². The molecule has 1 aliphatic heterocycles. The van der Waals surface area contributed by atoms with E-state index in [1.807, 2.05) is 26.0 Å². The second-order valence-corrected chi connectivity index (χ2v) is 5.21. The molecule has 21 heavy (non-hydrogen) atoms. The summed E-state index contributed by atoms with van der Waals surface area (Å²) in [5.74, 6) is 0.685. The molecule has 2 aromatic heterocycles. The number of nitrogens with one attached hydrogen (secondary N) is 1. The second kappa shape index (κ2) is 5.65. The van der Waals surface area contributed by atoms with E-state index in [9.17, 15) is 4.79 Å². The fourth-order valence-electron chi connectivity index (χ4n) is 2.52. The number of aromatic amines is 1. The first-order chi connectivity index (χ1) is 10.2. The van der Waals surface area contributed by atoms with E-state index < -0.39 is 0 Å². The number of hydrogen-bond acceptors (Lipinski definition) is 4. The zero-order valence-electron chi connectivity index (χ0n) is 12.2. The molecule has 1 aliphatic rings. The van der Waals surface area contributed by atoms with Gasteiger partial charge in [0, 0.05) is 24.6 Å². The Hall–Kier alpha value is -2.21. The fraction of sp³-hybridized carbons (Fsp3) is 0.400. The first kappa shape index (κ1) is 13.8. The number of amides is 1. The van der Waals surface area contributed by atoms with Crippen LogP contribution in [0, 0.1) is 13.8 Å². The van der Waals surface area contributed by atoms with Gasteiger partial charge in [-0.3, -0.25) is 9.78 Å². The second-order valence-electron chi connectivity index (χ2n) is 5.21. The topological polar surface area (TPSA) is 71.1 Å². The molecule has 1 atom stereocenters. The van der Waals surface area contributed by atoms with Gasteiger partial charge in [0.2, 0.25) is 0 Å². The summed E-state index contributed by atoms with van der Waals surface area (Å²) in [7, 11) is 0. The molecule has 0 unspecified atom stereocenters. The average Bonchev–Trinajstić information content (AvgIpc) is 2.93. The number of morpholine rings is 1.